The molecule has 0 radical (unpaired) electrons. The van der Waals surface area contributed by atoms with Gasteiger partial charge in [-0.15, -0.1) is 0 Å². The van der Waals surface area contributed by atoms with Crippen LogP contribution < -0.4 is 24.9 Å². The van der Waals surface area contributed by atoms with Gasteiger partial charge in [-0.2, -0.15) is 0 Å². The Morgan fingerprint density at radius 1 is 1.12 bits per heavy atom. The molecule has 1 aromatic carbocycles. The normalized spacial score (nSPS) is 15.9. The molecule has 1 aromatic heterocycles. The molecule has 172 valence electrons. The van der Waals surface area contributed by atoms with Crippen LogP contribution in [0.25, 0.3) is 23.5 Å². The molecule has 3 rings (SSSR count). The van der Waals surface area contributed by atoms with Crippen molar-refractivity contribution in [2.45, 2.75) is 25.9 Å². The Labute approximate surface area is 190 Å². The highest BCUT2D eigenvalue weighted by atomic mass is 35.5. The lowest BCUT2D eigenvalue weighted by Crippen LogP contribution is -2.43. The summed E-state index contributed by atoms with van der Waals surface area (Å²) in [5, 5.41) is 1.39. The molecule has 0 bridgehead atoms. The number of rotatable bonds is 6. The molecule has 0 unspecified atom stereocenters. The number of halogens is 3. The molecule has 6 nitrogen and oxygen atoms in total. The van der Waals surface area contributed by atoms with Crippen molar-refractivity contribution in [3.05, 3.63) is 39.9 Å². The maximum absolute atomic E-state index is 15.2. The lowest BCUT2D eigenvalue weighted by molar-refractivity contribution is 0.0817. The Kier molecular flexibility index (Phi) is 7.69. The quantitative estimate of drug-likeness (QED) is 0.652. The van der Waals surface area contributed by atoms with Gasteiger partial charge in [0, 0.05) is 36.5 Å². The van der Waals surface area contributed by atoms with Crippen molar-refractivity contribution >= 4 is 29.6 Å². The molecule has 1 fully saturated rings. The van der Waals surface area contributed by atoms with Crippen LogP contribution in [0, 0.1) is 11.6 Å². The van der Waals surface area contributed by atoms with Crippen LogP contribution in [0.5, 0.6) is 11.5 Å². The molecule has 0 aliphatic carbocycles. The van der Waals surface area contributed by atoms with E-state index in [1.54, 1.807) is 26.2 Å². The van der Waals surface area contributed by atoms with E-state index in [1.807, 2.05) is 4.90 Å². The van der Waals surface area contributed by atoms with E-state index in [1.165, 1.54) is 14.2 Å². The maximum atomic E-state index is 15.2. The predicted octanol–water partition coefficient (Wildman–Crippen LogP) is 3.39. The third-order valence-corrected chi connectivity index (χ3v) is 5.51. The minimum Gasteiger partial charge on any atom is -0.494 e. The summed E-state index contributed by atoms with van der Waals surface area (Å²) in [4.78, 5) is 11.1. The number of methoxy groups -OCH3 is 3. The first-order valence-corrected chi connectivity index (χ1v) is 10.5. The minimum absolute atomic E-state index is 0.119. The summed E-state index contributed by atoms with van der Waals surface area (Å²) in [6.07, 6.45) is 5.11. The van der Waals surface area contributed by atoms with Gasteiger partial charge in [0.05, 0.1) is 31.2 Å². The molecule has 0 spiro atoms. The second-order valence-electron chi connectivity index (χ2n) is 7.26. The molecular weight excluding hydrogens is 440 g/mol. The van der Waals surface area contributed by atoms with Crippen LogP contribution >= 0.6 is 11.6 Å². The standard InChI is InChI=1S/C23H26ClF2N3O3/c1-6-16-15(11-13(2)24)23(29-9-7-14(30-3)8-10-29)28-22(27-16)19-20(25)17(31-4)12-18(32-5)21(19)26/h6,11-12,14H,2,7-10H2,1,3-5H3/b15-11+,16-6+. The van der Waals surface area contributed by atoms with Crippen LogP contribution in [0.4, 0.5) is 14.6 Å². The fraction of sp³-hybridized carbons (Fsp3) is 0.391. The lowest BCUT2D eigenvalue weighted by atomic mass is 10.1. The third-order valence-electron chi connectivity index (χ3n) is 5.40. The summed E-state index contributed by atoms with van der Waals surface area (Å²) in [6.45, 7) is 6.82. The molecular formula is C23H26ClF2N3O3. The molecule has 0 atom stereocenters. The fourth-order valence-corrected chi connectivity index (χ4v) is 3.84. The smallest absolute Gasteiger partial charge is 0.179 e. The fourth-order valence-electron chi connectivity index (χ4n) is 3.73. The molecule has 2 heterocycles. The van der Waals surface area contributed by atoms with Gasteiger partial charge in [0.15, 0.2) is 29.0 Å². The Balaban J connectivity index is 2.30. The van der Waals surface area contributed by atoms with Crippen molar-refractivity contribution in [2.24, 2.45) is 0 Å². The van der Waals surface area contributed by atoms with E-state index in [-0.39, 0.29) is 28.5 Å². The number of nitrogens with zero attached hydrogens (tertiary/aromatic N) is 3. The van der Waals surface area contributed by atoms with Crippen molar-refractivity contribution in [1.82, 2.24) is 9.97 Å². The lowest BCUT2D eigenvalue weighted by Gasteiger charge is -2.32. The Hall–Kier alpha value is -2.71. The van der Waals surface area contributed by atoms with Gasteiger partial charge >= 0.3 is 0 Å². The van der Waals surface area contributed by atoms with Gasteiger partial charge < -0.3 is 19.1 Å². The van der Waals surface area contributed by atoms with E-state index < -0.39 is 17.2 Å². The molecule has 0 N–H and O–H groups in total. The first-order chi connectivity index (χ1) is 15.3. The van der Waals surface area contributed by atoms with Gasteiger partial charge in [-0.3, -0.25) is 0 Å². The molecule has 1 aliphatic heterocycles. The van der Waals surface area contributed by atoms with Crippen molar-refractivity contribution < 1.29 is 23.0 Å². The summed E-state index contributed by atoms with van der Waals surface area (Å²) in [5.41, 5.74) is -0.423. The van der Waals surface area contributed by atoms with Crippen molar-refractivity contribution in [2.75, 3.05) is 39.3 Å². The molecule has 9 heteroatoms. The molecule has 32 heavy (non-hydrogen) atoms. The number of hydrogen-bond acceptors (Lipinski definition) is 6. The first-order valence-electron chi connectivity index (χ1n) is 10.1. The average Bonchev–Trinajstić information content (AvgIpc) is 2.79. The molecule has 1 saturated heterocycles. The number of aromatic nitrogens is 2. The Morgan fingerprint density at radius 3 is 2.19 bits per heavy atom. The van der Waals surface area contributed by atoms with Crippen LogP contribution in [-0.2, 0) is 4.74 Å². The topological polar surface area (TPSA) is 56.7 Å². The first kappa shape index (κ1) is 23.9. The number of benzene rings is 1. The Bertz CT molecular complexity index is 1100. The summed E-state index contributed by atoms with van der Waals surface area (Å²) in [5.74, 6) is -1.76. The largest absolute Gasteiger partial charge is 0.494 e. The zero-order valence-corrected chi connectivity index (χ0v) is 19.3. The van der Waals surface area contributed by atoms with Gasteiger partial charge in [0.2, 0.25) is 0 Å². The van der Waals surface area contributed by atoms with Crippen molar-refractivity contribution in [1.29, 1.82) is 0 Å². The van der Waals surface area contributed by atoms with Crippen molar-refractivity contribution in [3.63, 3.8) is 0 Å². The second-order valence-corrected chi connectivity index (χ2v) is 7.74. The van der Waals surface area contributed by atoms with E-state index in [4.69, 9.17) is 25.8 Å². The summed E-state index contributed by atoms with van der Waals surface area (Å²) >= 11 is 6.07. The summed E-state index contributed by atoms with van der Waals surface area (Å²) in [6, 6.07) is 1.15. The van der Waals surface area contributed by atoms with Gasteiger partial charge in [0.1, 0.15) is 5.82 Å². The molecule has 1 aliphatic rings. The van der Waals surface area contributed by atoms with Crippen LogP contribution in [-0.4, -0.2) is 50.5 Å². The van der Waals surface area contributed by atoms with E-state index in [0.29, 0.717) is 29.5 Å². The number of piperidine rings is 1. The average molecular weight is 466 g/mol. The predicted molar refractivity (Wildman–Crippen MR) is 122 cm³/mol. The highest BCUT2D eigenvalue weighted by molar-refractivity contribution is 6.33. The van der Waals surface area contributed by atoms with E-state index in [0.717, 1.165) is 18.9 Å². The highest BCUT2D eigenvalue weighted by Gasteiger charge is 2.26. The molecule has 2 aromatic rings. The monoisotopic (exact) mass is 465 g/mol. The number of anilines is 1. The molecule has 0 amide bonds. The number of hydrogen-bond donors (Lipinski definition) is 0. The molecule has 0 saturated carbocycles. The zero-order chi connectivity index (χ0) is 23.4. The van der Waals surface area contributed by atoms with Gasteiger partial charge in [-0.05, 0) is 25.8 Å². The summed E-state index contributed by atoms with van der Waals surface area (Å²) in [7, 11) is 4.27. The van der Waals surface area contributed by atoms with Crippen LogP contribution in [0.15, 0.2) is 17.7 Å². The number of ether oxygens (including phenoxy) is 3. The van der Waals surface area contributed by atoms with E-state index >= 15 is 8.78 Å². The van der Waals surface area contributed by atoms with Crippen LogP contribution in [0.3, 0.4) is 0 Å². The van der Waals surface area contributed by atoms with Crippen molar-refractivity contribution in [3.8, 4) is 22.9 Å². The van der Waals surface area contributed by atoms with E-state index in [2.05, 4.69) is 16.5 Å². The second kappa shape index (κ2) is 10.3. The Morgan fingerprint density at radius 2 is 1.72 bits per heavy atom. The van der Waals surface area contributed by atoms with Gasteiger partial charge in [-0.25, -0.2) is 18.7 Å². The van der Waals surface area contributed by atoms with E-state index in [9.17, 15) is 0 Å². The highest BCUT2D eigenvalue weighted by Crippen LogP contribution is 2.36. The van der Waals surface area contributed by atoms with Gasteiger partial charge in [-0.1, -0.05) is 24.3 Å². The van der Waals surface area contributed by atoms with Crippen LogP contribution in [0.2, 0.25) is 0 Å². The SMILES string of the molecule is C=C(Cl)/C=c1/c(N2CCC(OC)CC2)nc(-c2c(F)c(OC)cc(OC)c2F)n/c1=C/C. The van der Waals surface area contributed by atoms with Gasteiger partial charge in [0.25, 0.3) is 0 Å². The maximum Gasteiger partial charge on any atom is 0.179 e. The minimum atomic E-state index is -0.907. The number of allylic oxidation sites excluding steroid dienone is 1. The third kappa shape index (κ3) is 4.71. The van der Waals surface area contributed by atoms with Crippen LogP contribution in [0.1, 0.15) is 19.8 Å². The summed E-state index contributed by atoms with van der Waals surface area (Å²) < 4.78 is 45.9. The zero-order valence-electron chi connectivity index (χ0n) is 18.5.